The third-order valence-corrected chi connectivity index (χ3v) is 6.00. The lowest BCUT2D eigenvalue weighted by Crippen LogP contribution is -2.37. The molecule has 106 valence electrons. The fraction of sp³-hybridized carbons (Fsp3) is 0.455. The third-order valence-electron chi connectivity index (χ3n) is 3.12. The first kappa shape index (κ1) is 14.9. The predicted octanol–water partition coefficient (Wildman–Crippen LogP) is 1.72. The largest absolute Gasteiger partial charge is 0.399 e. The Hall–Kier alpha value is -0.530. The van der Waals surface area contributed by atoms with Crippen LogP contribution in [-0.4, -0.2) is 37.0 Å². The molecule has 5 nitrogen and oxygen atoms in total. The second-order valence-electron chi connectivity index (χ2n) is 4.41. The summed E-state index contributed by atoms with van der Waals surface area (Å²) in [7, 11) is -3.82. The Balaban J connectivity index is 2.51. The minimum absolute atomic E-state index is 0.00594. The zero-order valence-electron chi connectivity index (χ0n) is 10.0. The Bertz CT molecular complexity index is 569. The van der Waals surface area contributed by atoms with E-state index >= 15 is 0 Å². The van der Waals surface area contributed by atoms with Crippen molar-refractivity contribution in [3.8, 4) is 0 Å². The highest BCUT2D eigenvalue weighted by molar-refractivity contribution is 7.89. The highest BCUT2D eigenvalue weighted by Crippen LogP contribution is 2.36. The van der Waals surface area contributed by atoms with Gasteiger partial charge in [-0.1, -0.05) is 23.2 Å². The van der Waals surface area contributed by atoms with E-state index in [4.69, 9.17) is 28.9 Å². The molecule has 0 amide bonds. The Kier molecular flexibility index (Phi) is 4.27. The van der Waals surface area contributed by atoms with Gasteiger partial charge in [0.1, 0.15) is 4.90 Å². The summed E-state index contributed by atoms with van der Waals surface area (Å²) in [6.07, 6.45) is 1.33. The average Bonchev–Trinajstić information content (AvgIpc) is 2.75. The quantitative estimate of drug-likeness (QED) is 0.829. The van der Waals surface area contributed by atoms with Gasteiger partial charge in [-0.15, -0.1) is 0 Å². The van der Waals surface area contributed by atoms with E-state index in [1.165, 1.54) is 16.4 Å². The molecule has 1 fully saturated rings. The molecule has 1 saturated heterocycles. The number of halogens is 2. The molecular weight excluding hydrogens is 311 g/mol. The molecule has 0 saturated carbocycles. The van der Waals surface area contributed by atoms with Crippen LogP contribution < -0.4 is 5.73 Å². The van der Waals surface area contributed by atoms with Crippen LogP contribution in [0, 0.1) is 0 Å². The van der Waals surface area contributed by atoms with Crippen LogP contribution in [0.2, 0.25) is 10.0 Å². The molecule has 0 spiro atoms. The molecule has 0 aliphatic carbocycles. The van der Waals surface area contributed by atoms with Crippen LogP contribution in [0.4, 0.5) is 5.69 Å². The molecular formula is C11H14Cl2N2O3S. The number of rotatable bonds is 3. The summed E-state index contributed by atoms with van der Waals surface area (Å²) in [5.41, 5.74) is 5.86. The van der Waals surface area contributed by atoms with Crippen molar-refractivity contribution in [3.63, 3.8) is 0 Å². The number of nitrogens with zero attached hydrogens (tertiary/aromatic N) is 1. The highest BCUT2D eigenvalue weighted by atomic mass is 35.5. The van der Waals surface area contributed by atoms with Gasteiger partial charge in [-0.3, -0.25) is 0 Å². The van der Waals surface area contributed by atoms with Crippen LogP contribution in [-0.2, 0) is 10.0 Å². The molecule has 0 bridgehead atoms. The van der Waals surface area contributed by atoms with Gasteiger partial charge in [0.25, 0.3) is 0 Å². The third kappa shape index (κ3) is 2.68. The molecule has 19 heavy (non-hydrogen) atoms. The van der Waals surface area contributed by atoms with Crippen molar-refractivity contribution in [2.75, 3.05) is 18.9 Å². The molecule has 3 N–H and O–H groups in total. The zero-order valence-corrected chi connectivity index (χ0v) is 12.3. The maximum atomic E-state index is 12.6. The fourth-order valence-electron chi connectivity index (χ4n) is 2.25. The van der Waals surface area contributed by atoms with Crippen LogP contribution in [0.3, 0.4) is 0 Å². The molecule has 1 heterocycles. The second-order valence-corrected chi connectivity index (χ2v) is 7.05. The Morgan fingerprint density at radius 1 is 1.37 bits per heavy atom. The number of sulfonamides is 1. The van der Waals surface area contributed by atoms with E-state index in [9.17, 15) is 13.5 Å². The molecule has 1 atom stereocenters. The van der Waals surface area contributed by atoms with E-state index in [0.29, 0.717) is 25.1 Å². The summed E-state index contributed by atoms with van der Waals surface area (Å²) in [5.74, 6) is 0. The Morgan fingerprint density at radius 2 is 1.95 bits per heavy atom. The van der Waals surface area contributed by atoms with Crippen LogP contribution in [0.15, 0.2) is 17.0 Å². The molecule has 8 heteroatoms. The van der Waals surface area contributed by atoms with Crippen molar-refractivity contribution >= 4 is 38.9 Å². The van der Waals surface area contributed by atoms with Crippen molar-refractivity contribution < 1.29 is 13.5 Å². The van der Waals surface area contributed by atoms with E-state index in [0.717, 1.165) is 0 Å². The van der Waals surface area contributed by atoms with E-state index in [1.807, 2.05) is 0 Å². The van der Waals surface area contributed by atoms with Crippen LogP contribution >= 0.6 is 23.2 Å². The molecule has 1 aliphatic rings. The monoisotopic (exact) mass is 324 g/mol. The summed E-state index contributed by atoms with van der Waals surface area (Å²) in [5, 5.41) is 9.23. The van der Waals surface area contributed by atoms with E-state index in [1.54, 1.807) is 0 Å². The molecule has 0 aromatic heterocycles. The Labute approximate surface area is 122 Å². The first-order chi connectivity index (χ1) is 8.87. The average molecular weight is 325 g/mol. The number of nitrogen functional groups attached to an aromatic ring is 1. The summed E-state index contributed by atoms with van der Waals surface area (Å²) in [6, 6.07) is 2.28. The number of anilines is 1. The smallest absolute Gasteiger partial charge is 0.246 e. The van der Waals surface area contributed by atoms with Gasteiger partial charge in [0.2, 0.25) is 10.0 Å². The number of hydrogen-bond donors (Lipinski definition) is 2. The standard InChI is InChI=1S/C11H14Cl2N2O3S/c12-9-4-7(14)5-10(13)11(9)19(17,18)15-3-1-2-8(15)6-16/h4-5,8,16H,1-3,6,14H2/t8-/m0/s1. The Morgan fingerprint density at radius 3 is 2.47 bits per heavy atom. The first-order valence-electron chi connectivity index (χ1n) is 5.75. The SMILES string of the molecule is Nc1cc(Cl)c(S(=O)(=O)N2CCC[C@H]2CO)c(Cl)c1. The van der Waals surface area contributed by atoms with Gasteiger partial charge in [-0.05, 0) is 25.0 Å². The van der Waals surface area contributed by atoms with E-state index in [-0.39, 0.29) is 21.5 Å². The fourth-order valence-corrected chi connectivity index (χ4v) is 5.12. The van der Waals surface area contributed by atoms with E-state index < -0.39 is 16.1 Å². The minimum atomic E-state index is -3.82. The summed E-state index contributed by atoms with van der Waals surface area (Å²) in [6.45, 7) is 0.133. The lowest BCUT2D eigenvalue weighted by Gasteiger charge is -2.23. The topological polar surface area (TPSA) is 83.6 Å². The lowest BCUT2D eigenvalue weighted by molar-refractivity contribution is 0.213. The maximum absolute atomic E-state index is 12.6. The van der Waals surface area contributed by atoms with Crippen molar-refractivity contribution in [1.82, 2.24) is 4.31 Å². The zero-order chi connectivity index (χ0) is 14.2. The second kappa shape index (κ2) is 5.46. The summed E-state index contributed by atoms with van der Waals surface area (Å²) >= 11 is 11.9. The van der Waals surface area contributed by atoms with Crippen molar-refractivity contribution in [1.29, 1.82) is 0 Å². The predicted molar refractivity (Wildman–Crippen MR) is 74.9 cm³/mol. The van der Waals surface area contributed by atoms with Crippen molar-refractivity contribution in [2.24, 2.45) is 0 Å². The molecule has 0 unspecified atom stereocenters. The number of aliphatic hydroxyl groups is 1. The minimum Gasteiger partial charge on any atom is -0.399 e. The highest BCUT2D eigenvalue weighted by Gasteiger charge is 2.37. The van der Waals surface area contributed by atoms with Gasteiger partial charge in [0.15, 0.2) is 0 Å². The molecule has 1 aromatic rings. The van der Waals surface area contributed by atoms with Crippen molar-refractivity contribution in [3.05, 3.63) is 22.2 Å². The molecule has 0 radical (unpaired) electrons. The van der Waals surface area contributed by atoms with Gasteiger partial charge in [0, 0.05) is 18.3 Å². The van der Waals surface area contributed by atoms with Gasteiger partial charge in [-0.25, -0.2) is 8.42 Å². The maximum Gasteiger partial charge on any atom is 0.246 e. The van der Waals surface area contributed by atoms with Gasteiger partial charge >= 0.3 is 0 Å². The van der Waals surface area contributed by atoms with Crippen LogP contribution in [0.5, 0.6) is 0 Å². The first-order valence-corrected chi connectivity index (χ1v) is 7.94. The number of nitrogens with two attached hydrogens (primary N) is 1. The van der Waals surface area contributed by atoms with E-state index in [2.05, 4.69) is 0 Å². The van der Waals surface area contributed by atoms with Gasteiger partial charge < -0.3 is 10.8 Å². The normalized spacial score (nSPS) is 20.9. The molecule has 1 aromatic carbocycles. The molecule has 1 aliphatic heterocycles. The van der Waals surface area contributed by atoms with Crippen LogP contribution in [0.1, 0.15) is 12.8 Å². The van der Waals surface area contributed by atoms with Gasteiger partial charge in [0.05, 0.1) is 16.7 Å². The number of hydrogen-bond acceptors (Lipinski definition) is 4. The summed E-state index contributed by atoms with van der Waals surface area (Å²) in [4.78, 5) is -0.148. The van der Waals surface area contributed by atoms with Crippen LogP contribution in [0.25, 0.3) is 0 Å². The number of benzene rings is 1. The number of aliphatic hydroxyl groups excluding tert-OH is 1. The lowest BCUT2D eigenvalue weighted by atomic mass is 10.2. The summed E-state index contributed by atoms with van der Waals surface area (Å²) < 4.78 is 26.4. The van der Waals surface area contributed by atoms with Gasteiger partial charge in [-0.2, -0.15) is 4.31 Å². The molecule has 2 rings (SSSR count). The van der Waals surface area contributed by atoms with Crippen molar-refractivity contribution in [2.45, 2.75) is 23.8 Å².